The first kappa shape index (κ1) is 20.7. The van der Waals surface area contributed by atoms with Crippen molar-refractivity contribution in [3.05, 3.63) is 51.6 Å². The van der Waals surface area contributed by atoms with Gasteiger partial charge in [0.2, 0.25) is 6.40 Å². The fourth-order valence-electron chi connectivity index (χ4n) is 2.81. The van der Waals surface area contributed by atoms with Crippen LogP contribution in [0.2, 0.25) is 0 Å². The van der Waals surface area contributed by atoms with Gasteiger partial charge in [0.15, 0.2) is 0 Å². The van der Waals surface area contributed by atoms with E-state index in [1.54, 1.807) is 6.07 Å². The summed E-state index contributed by atoms with van der Waals surface area (Å²) in [5.41, 5.74) is 2.46. The number of sulfonamides is 1. The van der Waals surface area contributed by atoms with Gasteiger partial charge in [-0.05, 0) is 71.3 Å². The molecule has 28 heavy (non-hydrogen) atoms. The van der Waals surface area contributed by atoms with Gasteiger partial charge in [-0.1, -0.05) is 12.1 Å². The molecule has 0 radical (unpaired) electrons. The second-order valence-corrected chi connectivity index (χ2v) is 8.90. The van der Waals surface area contributed by atoms with Crippen molar-refractivity contribution < 1.29 is 18.2 Å². The van der Waals surface area contributed by atoms with Gasteiger partial charge in [0.25, 0.3) is 10.0 Å². The molecule has 9 heteroatoms. The Balaban J connectivity index is 1.73. The fourth-order valence-corrected chi connectivity index (χ4v) is 4.57. The Labute approximate surface area is 178 Å². The zero-order chi connectivity index (χ0) is 20.0. The molecule has 7 nitrogen and oxygen atoms in total. The van der Waals surface area contributed by atoms with Crippen LogP contribution in [0.1, 0.15) is 18.4 Å². The first-order chi connectivity index (χ1) is 13.5. The first-order valence-electron chi connectivity index (χ1n) is 8.66. The summed E-state index contributed by atoms with van der Waals surface area (Å²) < 4.78 is 29.5. The third kappa shape index (κ3) is 5.30. The lowest BCUT2D eigenvalue weighted by Crippen LogP contribution is -2.17. The summed E-state index contributed by atoms with van der Waals surface area (Å²) in [7, 11) is -2.44. The van der Waals surface area contributed by atoms with E-state index >= 15 is 0 Å². The van der Waals surface area contributed by atoms with Crippen molar-refractivity contribution >= 4 is 56.6 Å². The average molecular weight is 513 g/mol. The topological polar surface area (TPSA) is 80.6 Å². The van der Waals surface area contributed by atoms with Crippen molar-refractivity contribution in [3.8, 4) is 0 Å². The van der Waals surface area contributed by atoms with Crippen LogP contribution in [0.15, 0.2) is 56.8 Å². The van der Waals surface area contributed by atoms with E-state index in [-0.39, 0.29) is 4.90 Å². The molecule has 1 saturated heterocycles. The van der Waals surface area contributed by atoms with E-state index in [0.717, 1.165) is 30.7 Å². The second-order valence-electron chi connectivity index (χ2n) is 6.11. The van der Waals surface area contributed by atoms with Crippen LogP contribution in [-0.4, -0.2) is 41.2 Å². The number of anilines is 1. The molecule has 148 valence electrons. The summed E-state index contributed by atoms with van der Waals surface area (Å²) >= 11 is 2.01. The summed E-state index contributed by atoms with van der Waals surface area (Å²) in [6.45, 7) is 2.14. The standard InChI is InChI=1S/C19H20IN3O4S/c1-26-27-14-21-19-9-8-17(12-18(19)20)28(24,25)22-13-15-4-6-16(7-5-15)23-10-2-3-11-23/h4-9,12-14H,2-3,10-11H2,1H3. The van der Waals surface area contributed by atoms with Crippen molar-refractivity contribution in [1.29, 1.82) is 0 Å². The fraction of sp³-hybridized carbons (Fsp3) is 0.263. The van der Waals surface area contributed by atoms with Gasteiger partial charge in [-0.3, -0.25) is 0 Å². The van der Waals surface area contributed by atoms with Gasteiger partial charge in [-0.15, -0.1) is 0 Å². The minimum absolute atomic E-state index is 0.105. The highest BCUT2D eigenvalue weighted by molar-refractivity contribution is 14.1. The molecule has 0 aromatic heterocycles. The molecular formula is C19H20IN3O4S. The van der Waals surface area contributed by atoms with Crippen LogP contribution < -0.4 is 4.90 Å². The monoisotopic (exact) mass is 513 g/mol. The lowest BCUT2D eigenvalue weighted by atomic mass is 10.2. The zero-order valence-corrected chi connectivity index (χ0v) is 18.3. The third-order valence-electron chi connectivity index (χ3n) is 4.25. The summed E-state index contributed by atoms with van der Waals surface area (Å²) in [5.74, 6) is 0. The highest BCUT2D eigenvalue weighted by atomic mass is 127. The molecule has 3 rings (SSSR count). The van der Waals surface area contributed by atoms with Crippen molar-refractivity contribution in [3.63, 3.8) is 0 Å². The van der Waals surface area contributed by atoms with Crippen molar-refractivity contribution in [1.82, 2.24) is 0 Å². The Morgan fingerprint density at radius 2 is 1.82 bits per heavy atom. The smallest absolute Gasteiger partial charge is 0.282 e. The molecule has 0 N–H and O–H groups in total. The Morgan fingerprint density at radius 1 is 1.11 bits per heavy atom. The number of benzene rings is 2. The Kier molecular flexibility index (Phi) is 7.03. The zero-order valence-electron chi connectivity index (χ0n) is 15.3. The third-order valence-corrected chi connectivity index (χ3v) is 6.35. The lowest BCUT2D eigenvalue weighted by molar-refractivity contribution is -0.187. The molecule has 1 heterocycles. The summed E-state index contributed by atoms with van der Waals surface area (Å²) in [4.78, 5) is 15.5. The van der Waals surface area contributed by atoms with E-state index in [2.05, 4.69) is 24.1 Å². The average Bonchev–Trinajstić information content (AvgIpc) is 3.23. The van der Waals surface area contributed by atoms with Crippen molar-refractivity contribution in [2.24, 2.45) is 9.39 Å². The predicted molar refractivity (Wildman–Crippen MR) is 118 cm³/mol. The lowest BCUT2D eigenvalue weighted by Gasteiger charge is -2.17. The van der Waals surface area contributed by atoms with Crippen LogP contribution in [0.4, 0.5) is 11.4 Å². The van der Waals surface area contributed by atoms with E-state index in [0.29, 0.717) is 9.26 Å². The molecule has 1 fully saturated rings. The van der Waals surface area contributed by atoms with Crippen molar-refractivity contribution in [2.75, 3.05) is 25.1 Å². The predicted octanol–water partition coefficient (Wildman–Crippen LogP) is 3.94. The maximum Gasteiger partial charge on any atom is 0.282 e. The van der Waals surface area contributed by atoms with Crippen LogP contribution in [-0.2, 0) is 19.8 Å². The van der Waals surface area contributed by atoms with Gasteiger partial charge in [-0.2, -0.15) is 17.7 Å². The minimum Gasteiger partial charge on any atom is -0.372 e. The first-order valence-corrected chi connectivity index (χ1v) is 11.2. The minimum atomic E-state index is -3.80. The molecular weight excluding hydrogens is 493 g/mol. The SMILES string of the molecule is COOC=Nc1ccc(S(=O)(=O)N=Cc2ccc(N3CCCC3)cc2)cc1I. The van der Waals surface area contributed by atoms with Crippen LogP contribution in [0.25, 0.3) is 0 Å². The largest absolute Gasteiger partial charge is 0.372 e. The number of nitrogens with zero attached hydrogens (tertiary/aromatic N) is 3. The number of rotatable bonds is 7. The molecule has 0 atom stereocenters. The molecule has 2 aromatic rings. The van der Waals surface area contributed by atoms with E-state index in [1.807, 2.05) is 46.9 Å². The number of hydrogen-bond donors (Lipinski definition) is 0. The van der Waals surface area contributed by atoms with Gasteiger partial charge >= 0.3 is 0 Å². The molecule has 2 aromatic carbocycles. The second kappa shape index (κ2) is 9.48. The molecule has 0 unspecified atom stereocenters. The van der Waals surface area contributed by atoms with Gasteiger partial charge in [0.05, 0.1) is 17.7 Å². The van der Waals surface area contributed by atoms with Gasteiger partial charge in [-0.25, -0.2) is 4.99 Å². The highest BCUT2D eigenvalue weighted by Gasteiger charge is 2.14. The molecule has 1 aliphatic rings. The summed E-state index contributed by atoms with van der Waals surface area (Å²) in [6.07, 6.45) is 4.93. The maximum atomic E-state index is 12.5. The van der Waals surface area contributed by atoms with E-state index < -0.39 is 10.0 Å². The van der Waals surface area contributed by atoms with Crippen LogP contribution in [0.5, 0.6) is 0 Å². The molecule has 1 aliphatic heterocycles. The molecule has 0 bridgehead atoms. The Hall–Kier alpha value is -1.98. The van der Waals surface area contributed by atoms with Gasteiger partial charge in [0.1, 0.15) is 0 Å². The summed E-state index contributed by atoms with van der Waals surface area (Å²) in [6, 6.07) is 12.3. The quantitative estimate of drug-likeness (QED) is 0.184. The van der Waals surface area contributed by atoms with E-state index in [1.165, 1.54) is 38.3 Å². The van der Waals surface area contributed by atoms with E-state index in [9.17, 15) is 8.42 Å². The summed E-state index contributed by atoms with van der Waals surface area (Å²) in [5, 5.41) is 0. The van der Waals surface area contributed by atoms with Gasteiger partial charge < -0.3 is 9.79 Å². The van der Waals surface area contributed by atoms with Crippen LogP contribution in [0, 0.1) is 3.57 Å². The molecule has 0 aliphatic carbocycles. The van der Waals surface area contributed by atoms with Crippen LogP contribution in [0.3, 0.4) is 0 Å². The van der Waals surface area contributed by atoms with Crippen molar-refractivity contribution in [2.45, 2.75) is 17.7 Å². The molecule has 0 amide bonds. The normalized spacial score (nSPS) is 15.0. The maximum absolute atomic E-state index is 12.5. The number of hydrogen-bond acceptors (Lipinski definition) is 6. The molecule has 0 spiro atoms. The van der Waals surface area contributed by atoms with Crippen LogP contribution >= 0.6 is 22.6 Å². The Morgan fingerprint density at radius 3 is 2.46 bits per heavy atom. The van der Waals surface area contributed by atoms with Gasteiger partial charge in [0, 0.05) is 28.6 Å². The number of aliphatic imine (C=N–C) groups is 1. The number of halogens is 1. The van der Waals surface area contributed by atoms with E-state index in [4.69, 9.17) is 0 Å². The molecule has 0 saturated carbocycles. The Bertz CT molecular complexity index is 969. The highest BCUT2D eigenvalue weighted by Crippen LogP contribution is 2.25.